The molecule has 86 valence electrons. The monoisotopic (exact) mass is 223 g/mol. The Morgan fingerprint density at radius 3 is 3.19 bits per heavy atom. The summed E-state index contributed by atoms with van der Waals surface area (Å²) in [5, 5.41) is 2.48. The minimum atomic E-state index is -0.452. The van der Waals surface area contributed by atoms with Gasteiger partial charge in [-0.15, -0.1) is 0 Å². The molecule has 1 fully saturated rings. The van der Waals surface area contributed by atoms with Gasteiger partial charge < -0.3 is 14.6 Å². The van der Waals surface area contributed by atoms with E-state index in [1.165, 1.54) is 17.0 Å². The number of anilines is 1. The van der Waals surface area contributed by atoms with E-state index in [4.69, 9.17) is 4.74 Å². The molecule has 0 spiro atoms. The van der Waals surface area contributed by atoms with Crippen molar-refractivity contribution in [1.82, 2.24) is 9.55 Å². The molecule has 6 nitrogen and oxygen atoms in total. The molecule has 6 heteroatoms. The third-order valence-electron chi connectivity index (χ3n) is 2.48. The fourth-order valence-corrected chi connectivity index (χ4v) is 1.57. The molecule has 1 N–H and O–H groups in total. The Morgan fingerprint density at radius 2 is 2.50 bits per heavy atom. The lowest BCUT2D eigenvalue weighted by molar-refractivity contribution is -0.124. The standard InChI is InChI=1S/C10H13N3O3/c1-13-5-4-11-8(10(13)15)12-9(14)7-3-2-6-16-7/h4-5,7H,2-3,6H2,1H3,(H,11,12,14). The van der Waals surface area contributed by atoms with Crippen LogP contribution in [-0.4, -0.2) is 28.2 Å². The van der Waals surface area contributed by atoms with Gasteiger partial charge in [-0.3, -0.25) is 9.59 Å². The number of aryl methyl sites for hydroxylation is 1. The molecular weight excluding hydrogens is 210 g/mol. The molecular formula is C10H13N3O3. The minimum absolute atomic E-state index is 0.0468. The van der Waals surface area contributed by atoms with Crippen molar-refractivity contribution in [2.24, 2.45) is 7.05 Å². The predicted octanol–water partition coefficient (Wildman–Crippen LogP) is -0.102. The number of amides is 1. The molecule has 1 atom stereocenters. The number of hydrogen-bond acceptors (Lipinski definition) is 4. The molecule has 1 amide bonds. The van der Waals surface area contributed by atoms with Crippen LogP contribution in [0.2, 0.25) is 0 Å². The van der Waals surface area contributed by atoms with Gasteiger partial charge in [-0.1, -0.05) is 0 Å². The summed E-state index contributed by atoms with van der Waals surface area (Å²) >= 11 is 0. The van der Waals surface area contributed by atoms with Crippen molar-refractivity contribution in [3.63, 3.8) is 0 Å². The van der Waals surface area contributed by atoms with Gasteiger partial charge in [0, 0.05) is 26.0 Å². The van der Waals surface area contributed by atoms with Crippen LogP contribution in [0.5, 0.6) is 0 Å². The largest absolute Gasteiger partial charge is 0.368 e. The van der Waals surface area contributed by atoms with Crippen LogP contribution in [0, 0.1) is 0 Å². The van der Waals surface area contributed by atoms with Crippen LogP contribution in [0.15, 0.2) is 17.2 Å². The van der Waals surface area contributed by atoms with Gasteiger partial charge in [0.15, 0.2) is 5.82 Å². The van der Waals surface area contributed by atoms with E-state index < -0.39 is 6.10 Å². The number of nitrogens with zero attached hydrogens (tertiary/aromatic N) is 2. The molecule has 0 bridgehead atoms. The van der Waals surface area contributed by atoms with E-state index in [1.807, 2.05) is 0 Å². The lowest BCUT2D eigenvalue weighted by Gasteiger charge is -2.09. The Bertz CT molecular complexity index is 449. The third kappa shape index (κ3) is 2.11. The Morgan fingerprint density at radius 1 is 1.69 bits per heavy atom. The molecule has 2 heterocycles. The Hall–Kier alpha value is -1.69. The zero-order valence-electron chi connectivity index (χ0n) is 8.97. The van der Waals surface area contributed by atoms with Gasteiger partial charge in [-0.2, -0.15) is 0 Å². The Kier molecular flexibility index (Phi) is 3.00. The molecule has 1 aliphatic rings. The lowest BCUT2D eigenvalue weighted by Crippen LogP contribution is -2.31. The summed E-state index contributed by atoms with van der Waals surface area (Å²) in [5.41, 5.74) is -0.325. The van der Waals surface area contributed by atoms with Gasteiger partial charge in [0.05, 0.1) is 0 Å². The summed E-state index contributed by atoms with van der Waals surface area (Å²) < 4.78 is 6.57. The normalized spacial score (nSPS) is 19.7. The van der Waals surface area contributed by atoms with E-state index in [1.54, 1.807) is 7.05 Å². The molecule has 0 radical (unpaired) electrons. The van der Waals surface area contributed by atoms with Gasteiger partial charge in [0.2, 0.25) is 0 Å². The van der Waals surface area contributed by atoms with Crippen LogP contribution >= 0.6 is 0 Å². The first-order valence-corrected chi connectivity index (χ1v) is 5.12. The summed E-state index contributed by atoms with van der Waals surface area (Å²) in [6.07, 6.45) is 4.11. The molecule has 1 saturated heterocycles. The number of nitrogens with one attached hydrogen (secondary N) is 1. The summed E-state index contributed by atoms with van der Waals surface area (Å²) in [6, 6.07) is 0. The van der Waals surface area contributed by atoms with E-state index in [-0.39, 0.29) is 17.3 Å². The van der Waals surface area contributed by atoms with Crippen molar-refractivity contribution in [3.05, 3.63) is 22.7 Å². The van der Waals surface area contributed by atoms with E-state index in [9.17, 15) is 9.59 Å². The van der Waals surface area contributed by atoms with Gasteiger partial charge in [0.25, 0.3) is 11.5 Å². The van der Waals surface area contributed by atoms with Gasteiger partial charge in [-0.05, 0) is 12.8 Å². The molecule has 1 unspecified atom stereocenters. The van der Waals surface area contributed by atoms with Gasteiger partial charge in [0.1, 0.15) is 6.10 Å². The molecule has 0 saturated carbocycles. The third-order valence-corrected chi connectivity index (χ3v) is 2.48. The fourth-order valence-electron chi connectivity index (χ4n) is 1.57. The van der Waals surface area contributed by atoms with Crippen molar-refractivity contribution in [2.45, 2.75) is 18.9 Å². The van der Waals surface area contributed by atoms with Crippen molar-refractivity contribution in [3.8, 4) is 0 Å². The molecule has 0 aromatic carbocycles. The maximum absolute atomic E-state index is 11.7. The van der Waals surface area contributed by atoms with Crippen LogP contribution in [0.4, 0.5) is 5.82 Å². The maximum Gasteiger partial charge on any atom is 0.293 e. The highest BCUT2D eigenvalue weighted by molar-refractivity contribution is 5.93. The summed E-state index contributed by atoms with van der Waals surface area (Å²) in [7, 11) is 1.60. The van der Waals surface area contributed by atoms with E-state index in [0.717, 1.165) is 6.42 Å². The fraction of sp³-hybridized carbons (Fsp3) is 0.500. The smallest absolute Gasteiger partial charge is 0.293 e. The first kappa shape index (κ1) is 10.8. The van der Waals surface area contributed by atoms with E-state index >= 15 is 0 Å². The van der Waals surface area contributed by atoms with Crippen molar-refractivity contribution < 1.29 is 9.53 Å². The quantitative estimate of drug-likeness (QED) is 0.759. The van der Waals surface area contributed by atoms with Crippen LogP contribution < -0.4 is 10.9 Å². The van der Waals surface area contributed by atoms with Crippen molar-refractivity contribution >= 4 is 11.7 Å². The predicted molar refractivity (Wildman–Crippen MR) is 57.1 cm³/mol. The number of hydrogen-bond donors (Lipinski definition) is 1. The summed E-state index contributed by atoms with van der Waals surface area (Å²) in [6.45, 7) is 0.596. The molecule has 1 aromatic heterocycles. The average Bonchev–Trinajstić information content (AvgIpc) is 2.78. The molecule has 1 aliphatic heterocycles. The van der Waals surface area contributed by atoms with Crippen LogP contribution in [0.3, 0.4) is 0 Å². The minimum Gasteiger partial charge on any atom is -0.368 e. The zero-order valence-corrected chi connectivity index (χ0v) is 8.97. The van der Waals surface area contributed by atoms with Crippen LogP contribution in [-0.2, 0) is 16.6 Å². The zero-order chi connectivity index (χ0) is 11.5. The first-order valence-electron chi connectivity index (χ1n) is 5.12. The van der Waals surface area contributed by atoms with E-state index in [0.29, 0.717) is 13.0 Å². The Balaban J connectivity index is 2.11. The highest BCUT2D eigenvalue weighted by Crippen LogP contribution is 2.12. The number of aromatic nitrogens is 2. The van der Waals surface area contributed by atoms with Gasteiger partial charge in [-0.25, -0.2) is 4.98 Å². The second kappa shape index (κ2) is 4.44. The molecule has 1 aromatic rings. The van der Waals surface area contributed by atoms with Gasteiger partial charge >= 0.3 is 0 Å². The highest BCUT2D eigenvalue weighted by atomic mass is 16.5. The lowest BCUT2D eigenvalue weighted by atomic mass is 10.2. The molecule has 0 aliphatic carbocycles. The number of ether oxygens (including phenoxy) is 1. The highest BCUT2D eigenvalue weighted by Gasteiger charge is 2.24. The van der Waals surface area contributed by atoms with E-state index in [2.05, 4.69) is 10.3 Å². The topological polar surface area (TPSA) is 73.2 Å². The van der Waals surface area contributed by atoms with Crippen molar-refractivity contribution in [1.29, 1.82) is 0 Å². The van der Waals surface area contributed by atoms with Crippen LogP contribution in [0.25, 0.3) is 0 Å². The first-order chi connectivity index (χ1) is 7.68. The maximum atomic E-state index is 11.7. The van der Waals surface area contributed by atoms with Crippen LogP contribution in [0.1, 0.15) is 12.8 Å². The second-order valence-electron chi connectivity index (χ2n) is 3.68. The SMILES string of the molecule is Cn1ccnc(NC(=O)C2CCCO2)c1=O. The second-order valence-corrected chi connectivity index (χ2v) is 3.68. The molecule has 16 heavy (non-hydrogen) atoms. The average molecular weight is 223 g/mol. The van der Waals surface area contributed by atoms with Crippen molar-refractivity contribution in [2.75, 3.05) is 11.9 Å². The summed E-state index contributed by atoms with van der Waals surface area (Å²) in [5.74, 6) is -0.251. The summed E-state index contributed by atoms with van der Waals surface area (Å²) in [4.78, 5) is 27.0. The number of carbonyl (C=O) groups excluding carboxylic acids is 1. The number of rotatable bonds is 2. The number of carbonyl (C=O) groups is 1. The molecule has 2 rings (SSSR count). The Labute approximate surface area is 92.3 Å².